The van der Waals surface area contributed by atoms with E-state index in [1.54, 1.807) is 12.3 Å². The molecule has 1 amide bonds. The van der Waals surface area contributed by atoms with Crippen molar-refractivity contribution in [3.8, 4) is 0 Å². The van der Waals surface area contributed by atoms with Crippen molar-refractivity contribution < 1.29 is 14.3 Å². The van der Waals surface area contributed by atoms with Gasteiger partial charge in [0.15, 0.2) is 0 Å². The van der Waals surface area contributed by atoms with E-state index in [0.717, 1.165) is 5.56 Å². The normalized spacial score (nSPS) is 25.3. The highest BCUT2D eigenvalue weighted by Gasteiger charge is 2.48. The van der Waals surface area contributed by atoms with Crippen LogP contribution in [0.15, 0.2) is 48.7 Å². The van der Waals surface area contributed by atoms with Crippen molar-refractivity contribution >= 4 is 5.91 Å². The molecule has 1 aromatic carbocycles. The van der Waals surface area contributed by atoms with Gasteiger partial charge in [-0.1, -0.05) is 30.3 Å². The molecular weight excluding hydrogens is 345 g/mol. The molecule has 0 radical (unpaired) electrons. The Morgan fingerprint density at radius 1 is 1.19 bits per heavy atom. The van der Waals surface area contributed by atoms with Crippen LogP contribution in [0.4, 0.5) is 4.39 Å². The lowest BCUT2D eigenvalue weighted by Gasteiger charge is -2.46. The number of hydrogen-bond donors (Lipinski definition) is 2. The minimum absolute atomic E-state index is 0.0188. The third-order valence-corrected chi connectivity index (χ3v) is 5.93. The van der Waals surface area contributed by atoms with Crippen molar-refractivity contribution in [1.82, 2.24) is 15.2 Å². The number of likely N-dealkylation sites (tertiary alicyclic amines) is 1. The van der Waals surface area contributed by atoms with E-state index < -0.39 is 11.5 Å². The molecular formula is C21H24FN3O2. The number of carbonyl (C=O) groups excluding carboxylic acids is 1. The van der Waals surface area contributed by atoms with Gasteiger partial charge in [-0.05, 0) is 50.0 Å². The first-order chi connectivity index (χ1) is 13.1. The van der Waals surface area contributed by atoms with Gasteiger partial charge < -0.3 is 10.4 Å². The van der Waals surface area contributed by atoms with Crippen molar-refractivity contribution in [2.75, 3.05) is 13.1 Å². The molecule has 2 N–H and O–H groups in total. The second-order valence-corrected chi connectivity index (χ2v) is 7.62. The predicted octanol–water partition coefficient (Wildman–Crippen LogP) is 2.43. The molecule has 6 heteroatoms. The Bertz CT molecular complexity index is 806. The SMILES string of the molecule is O=C1N[C@@H](c2ccccc2)[C@H](O)CC12CCN(Cc1ncccc1F)CC2. The van der Waals surface area contributed by atoms with Gasteiger partial charge in [-0.2, -0.15) is 0 Å². The molecule has 4 rings (SSSR count). The van der Waals surface area contributed by atoms with Gasteiger partial charge in [0, 0.05) is 12.7 Å². The monoisotopic (exact) mass is 369 g/mol. The maximum absolute atomic E-state index is 13.8. The number of nitrogens with one attached hydrogen (secondary N) is 1. The molecule has 1 aromatic heterocycles. The smallest absolute Gasteiger partial charge is 0.226 e. The third-order valence-electron chi connectivity index (χ3n) is 5.93. The van der Waals surface area contributed by atoms with Crippen LogP contribution in [-0.4, -0.2) is 40.1 Å². The summed E-state index contributed by atoms with van der Waals surface area (Å²) >= 11 is 0. The number of carbonyl (C=O) groups is 1. The Hall–Kier alpha value is -2.31. The molecule has 2 fully saturated rings. The molecule has 0 unspecified atom stereocenters. The van der Waals surface area contributed by atoms with E-state index in [1.807, 2.05) is 30.3 Å². The number of rotatable bonds is 3. The van der Waals surface area contributed by atoms with Gasteiger partial charge in [0.1, 0.15) is 5.82 Å². The van der Waals surface area contributed by atoms with Gasteiger partial charge >= 0.3 is 0 Å². The fourth-order valence-corrected chi connectivity index (χ4v) is 4.28. The zero-order valence-corrected chi connectivity index (χ0v) is 15.1. The Labute approximate surface area is 158 Å². The van der Waals surface area contributed by atoms with E-state index >= 15 is 0 Å². The van der Waals surface area contributed by atoms with E-state index in [1.165, 1.54) is 6.07 Å². The highest BCUT2D eigenvalue weighted by molar-refractivity contribution is 5.84. The van der Waals surface area contributed by atoms with Crippen LogP contribution in [0.5, 0.6) is 0 Å². The molecule has 2 atom stereocenters. The van der Waals surface area contributed by atoms with Crippen LogP contribution in [0, 0.1) is 11.2 Å². The summed E-state index contributed by atoms with van der Waals surface area (Å²) in [4.78, 5) is 19.1. The zero-order chi connectivity index (χ0) is 18.9. The molecule has 2 aliphatic rings. The molecule has 0 saturated carbocycles. The maximum atomic E-state index is 13.8. The molecule has 27 heavy (non-hydrogen) atoms. The number of aliphatic hydroxyl groups excluding tert-OH is 1. The Morgan fingerprint density at radius 2 is 1.93 bits per heavy atom. The summed E-state index contributed by atoms with van der Waals surface area (Å²) in [5, 5.41) is 13.7. The van der Waals surface area contributed by atoms with Crippen LogP contribution >= 0.6 is 0 Å². The summed E-state index contributed by atoms with van der Waals surface area (Å²) in [6.07, 6.45) is 2.77. The highest BCUT2D eigenvalue weighted by atomic mass is 19.1. The molecule has 5 nitrogen and oxygen atoms in total. The van der Waals surface area contributed by atoms with Crippen LogP contribution in [0.25, 0.3) is 0 Å². The number of pyridine rings is 1. The second-order valence-electron chi connectivity index (χ2n) is 7.62. The standard InChI is InChI=1S/C21H24FN3O2/c22-16-7-4-10-23-17(16)14-25-11-8-21(9-12-25)13-18(26)19(24-20(21)27)15-5-2-1-3-6-15/h1-7,10,18-19,26H,8-9,11-14H2,(H,24,27)/t18-,19+/m1/s1. The lowest BCUT2D eigenvalue weighted by Crippen LogP contribution is -2.57. The van der Waals surface area contributed by atoms with E-state index in [4.69, 9.17) is 0 Å². The summed E-state index contributed by atoms with van der Waals surface area (Å²) in [7, 11) is 0. The predicted molar refractivity (Wildman–Crippen MR) is 99.1 cm³/mol. The first-order valence-electron chi connectivity index (χ1n) is 9.43. The molecule has 0 bridgehead atoms. The van der Waals surface area contributed by atoms with Gasteiger partial charge in [0.2, 0.25) is 5.91 Å². The lowest BCUT2D eigenvalue weighted by atomic mass is 9.69. The van der Waals surface area contributed by atoms with Gasteiger partial charge in [-0.15, -0.1) is 0 Å². The minimum atomic E-state index is -0.607. The van der Waals surface area contributed by atoms with Crippen molar-refractivity contribution in [3.63, 3.8) is 0 Å². The quantitative estimate of drug-likeness (QED) is 0.872. The second kappa shape index (κ2) is 7.37. The Kier molecular flexibility index (Phi) is 4.93. The zero-order valence-electron chi connectivity index (χ0n) is 15.1. The van der Waals surface area contributed by atoms with E-state index in [-0.39, 0.29) is 17.8 Å². The summed E-state index contributed by atoms with van der Waals surface area (Å²) in [6, 6.07) is 12.2. The van der Waals surface area contributed by atoms with E-state index in [0.29, 0.717) is 44.6 Å². The first-order valence-corrected chi connectivity index (χ1v) is 9.43. The van der Waals surface area contributed by atoms with Crippen molar-refractivity contribution in [2.24, 2.45) is 5.41 Å². The van der Waals surface area contributed by atoms with E-state index in [9.17, 15) is 14.3 Å². The maximum Gasteiger partial charge on any atom is 0.226 e. The number of hydrogen-bond acceptors (Lipinski definition) is 4. The summed E-state index contributed by atoms with van der Waals surface area (Å²) in [5.74, 6) is -0.278. The number of nitrogens with zero attached hydrogens (tertiary/aromatic N) is 2. The number of aromatic nitrogens is 1. The van der Waals surface area contributed by atoms with Crippen molar-refractivity contribution in [1.29, 1.82) is 0 Å². The number of halogens is 1. The van der Waals surface area contributed by atoms with Gasteiger partial charge in [0.05, 0.1) is 23.3 Å². The number of piperidine rings is 2. The molecule has 1 spiro atoms. The summed E-state index contributed by atoms with van der Waals surface area (Å²) < 4.78 is 13.8. The lowest BCUT2D eigenvalue weighted by molar-refractivity contribution is -0.144. The third kappa shape index (κ3) is 3.59. The van der Waals surface area contributed by atoms with Crippen LogP contribution in [0.3, 0.4) is 0 Å². The highest BCUT2D eigenvalue weighted by Crippen LogP contribution is 2.42. The fourth-order valence-electron chi connectivity index (χ4n) is 4.28. The van der Waals surface area contributed by atoms with E-state index in [2.05, 4.69) is 15.2 Å². The van der Waals surface area contributed by atoms with Crippen LogP contribution in [0.2, 0.25) is 0 Å². The molecule has 2 aliphatic heterocycles. The number of benzene rings is 1. The summed E-state index contributed by atoms with van der Waals surface area (Å²) in [5.41, 5.74) is 0.825. The molecule has 2 saturated heterocycles. The Morgan fingerprint density at radius 3 is 2.63 bits per heavy atom. The van der Waals surface area contributed by atoms with Crippen LogP contribution in [0.1, 0.15) is 36.6 Å². The number of aliphatic hydroxyl groups is 1. The Balaban J connectivity index is 1.41. The largest absolute Gasteiger partial charge is 0.391 e. The average molecular weight is 369 g/mol. The average Bonchev–Trinajstić information content (AvgIpc) is 2.69. The fraction of sp³-hybridized carbons (Fsp3) is 0.429. The van der Waals surface area contributed by atoms with Gasteiger partial charge in [-0.25, -0.2) is 4.39 Å². The topological polar surface area (TPSA) is 65.5 Å². The summed E-state index contributed by atoms with van der Waals surface area (Å²) in [6.45, 7) is 1.82. The van der Waals surface area contributed by atoms with Gasteiger partial charge in [-0.3, -0.25) is 14.7 Å². The minimum Gasteiger partial charge on any atom is -0.391 e. The molecule has 2 aromatic rings. The van der Waals surface area contributed by atoms with Crippen molar-refractivity contribution in [2.45, 2.75) is 38.0 Å². The molecule has 142 valence electrons. The first kappa shape index (κ1) is 18.1. The molecule has 0 aliphatic carbocycles. The van der Waals surface area contributed by atoms with Crippen molar-refractivity contribution in [3.05, 3.63) is 65.7 Å². The number of amides is 1. The van der Waals surface area contributed by atoms with Crippen LogP contribution in [-0.2, 0) is 11.3 Å². The molecule has 3 heterocycles. The van der Waals surface area contributed by atoms with Gasteiger partial charge in [0.25, 0.3) is 0 Å². The van der Waals surface area contributed by atoms with Crippen LogP contribution < -0.4 is 5.32 Å².